The van der Waals surface area contributed by atoms with E-state index < -0.39 is 0 Å². The molecule has 0 bridgehead atoms. The number of amides is 1. The number of thiocarbonyl (C=S) groups is 1. The number of ether oxygens (including phenoxy) is 3. The van der Waals surface area contributed by atoms with E-state index in [1.54, 1.807) is 6.08 Å². The van der Waals surface area contributed by atoms with Crippen LogP contribution in [0, 0.1) is 0 Å². The van der Waals surface area contributed by atoms with Gasteiger partial charge in [0.1, 0.15) is 23.3 Å². The first-order valence-electron chi connectivity index (χ1n) is 9.83. The minimum Gasteiger partial charge on any atom is -0.490 e. The second kappa shape index (κ2) is 10.5. The van der Waals surface area contributed by atoms with E-state index in [-0.39, 0.29) is 5.91 Å². The van der Waals surface area contributed by atoms with Crippen LogP contribution >= 0.6 is 24.0 Å². The van der Waals surface area contributed by atoms with Gasteiger partial charge < -0.3 is 19.5 Å². The highest BCUT2D eigenvalue weighted by Crippen LogP contribution is 2.32. The van der Waals surface area contributed by atoms with Crippen molar-refractivity contribution in [2.75, 3.05) is 19.8 Å². The topological polar surface area (TPSA) is 56.8 Å². The molecule has 1 aliphatic rings. The second-order valence-corrected chi connectivity index (χ2v) is 8.63. The summed E-state index contributed by atoms with van der Waals surface area (Å²) in [6, 6.07) is 13.7. The van der Waals surface area contributed by atoms with Gasteiger partial charge in [0.15, 0.2) is 11.5 Å². The summed E-state index contributed by atoms with van der Waals surface area (Å²) in [6.45, 7) is 7.56. The molecule has 1 amide bonds. The lowest BCUT2D eigenvalue weighted by Crippen LogP contribution is -2.17. The number of hydrogen-bond donors (Lipinski definition) is 1. The molecule has 0 aliphatic carbocycles. The van der Waals surface area contributed by atoms with Gasteiger partial charge in [0.2, 0.25) is 0 Å². The Balaban J connectivity index is 1.59. The van der Waals surface area contributed by atoms with E-state index in [4.69, 9.17) is 26.4 Å². The number of thioether (sulfide) groups is 1. The molecule has 0 saturated carbocycles. The van der Waals surface area contributed by atoms with Crippen LogP contribution in [0.15, 0.2) is 47.4 Å². The molecule has 30 heavy (non-hydrogen) atoms. The first kappa shape index (κ1) is 22.2. The summed E-state index contributed by atoms with van der Waals surface area (Å²) in [4.78, 5) is 12.4. The average Bonchev–Trinajstić information content (AvgIpc) is 3.04. The predicted molar refractivity (Wildman–Crippen MR) is 125 cm³/mol. The summed E-state index contributed by atoms with van der Waals surface area (Å²) in [5.41, 5.74) is 2.12. The van der Waals surface area contributed by atoms with Crippen LogP contribution in [0.2, 0.25) is 0 Å². The third kappa shape index (κ3) is 6.00. The lowest BCUT2D eigenvalue weighted by molar-refractivity contribution is -0.115. The quantitative estimate of drug-likeness (QED) is 0.328. The van der Waals surface area contributed by atoms with Crippen LogP contribution in [-0.2, 0) is 4.79 Å². The number of rotatable bonds is 9. The van der Waals surface area contributed by atoms with Crippen molar-refractivity contribution in [3.05, 3.63) is 58.5 Å². The van der Waals surface area contributed by atoms with E-state index in [2.05, 4.69) is 31.3 Å². The molecule has 5 nitrogen and oxygen atoms in total. The second-order valence-electron chi connectivity index (χ2n) is 6.91. The van der Waals surface area contributed by atoms with Gasteiger partial charge in [0.05, 0.1) is 11.5 Å². The molecule has 158 valence electrons. The van der Waals surface area contributed by atoms with Crippen molar-refractivity contribution in [1.82, 2.24) is 5.32 Å². The predicted octanol–water partition coefficient (Wildman–Crippen LogP) is 5.16. The fourth-order valence-electron chi connectivity index (χ4n) is 2.83. The molecule has 1 heterocycles. The lowest BCUT2D eigenvalue weighted by atomic mass is 10.0. The Morgan fingerprint density at radius 1 is 1.03 bits per heavy atom. The van der Waals surface area contributed by atoms with E-state index in [0.717, 1.165) is 11.3 Å². The van der Waals surface area contributed by atoms with Crippen molar-refractivity contribution in [3.63, 3.8) is 0 Å². The first-order chi connectivity index (χ1) is 14.5. The van der Waals surface area contributed by atoms with Crippen molar-refractivity contribution in [1.29, 1.82) is 0 Å². The Labute approximate surface area is 186 Å². The minimum atomic E-state index is -0.179. The number of benzene rings is 2. The standard InChI is InChI=1S/C23H25NO4S2/c1-4-26-20-13-16(14-21-22(25)24-23(29)30-21)5-10-19(20)28-12-11-27-18-8-6-17(7-9-18)15(2)3/h5-10,13-15H,4,11-12H2,1-3H3,(H,24,25,29). The zero-order valence-corrected chi connectivity index (χ0v) is 18.9. The average molecular weight is 444 g/mol. The monoisotopic (exact) mass is 443 g/mol. The number of nitrogens with one attached hydrogen (secondary N) is 1. The molecule has 1 fully saturated rings. The molecule has 0 unspecified atom stereocenters. The van der Waals surface area contributed by atoms with E-state index in [0.29, 0.717) is 46.5 Å². The van der Waals surface area contributed by atoms with E-state index in [1.165, 1.54) is 17.3 Å². The Bertz CT molecular complexity index is 939. The van der Waals surface area contributed by atoms with Gasteiger partial charge in [-0.15, -0.1) is 0 Å². The van der Waals surface area contributed by atoms with E-state index >= 15 is 0 Å². The number of carbonyl (C=O) groups excluding carboxylic acids is 1. The molecular weight excluding hydrogens is 418 g/mol. The summed E-state index contributed by atoms with van der Waals surface area (Å²) >= 11 is 6.28. The number of hydrogen-bond acceptors (Lipinski definition) is 6. The van der Waals surface area contributed by atoms with Gasteiger partial charge >= 0.3 is 0 Å². The van der Waals surface area contributed by atoms with Crippen molar-refractivity contribution >= 4 is 40.3 Å². The summed E-state index contributed by atoms with van der Waals surface area (Å²) < 4.78 is 17.8. The van der Waals surface area contributed by atoms with Gasteiger partial charge in [-0.05, 0) is 54.3 Å². The van der Waals surface area contributed by atoms with Crippen molar-refractivity contribution in [2.24, 2.45) is 0 Å². The van der Waals surface area contributed by atoms with Crippen LogP contribution in [0.5, 0.6) is 17.2 Å². The molecule has 1 saturated heterocycles. The summed E-state index contributed by atoms with van der Waals surface area (Å²) in [5.74, 6) is 2.40. The van der Waals surface area contributed by atoms with Gasteiger partial charge in [-0.2, -0.15) is 0 Å². The van der Waals surface area contributed by atoms with Gasteiger partial charge in [0, 0.05) is 0 Å². The van der Waals surface area contributed by atoms with Gasteiger partial charge in [-0.1, -0.05) is 56.0 Å². The summed E-state index contributed by atoms with van der Waals surface area (Å²) in [6.07, 6.45) is 1.79. The summed E-state index contributed by atoms with van der Waals surface area (Å²) in [7, 11) is 0. The van der Waals surface area contributed by atoms with Crippen LogP contribution in [0.4, 0.5) is 0 Å². The normalized spacial score (nSPS) is 14.9. The van der Waals surface area contributed by atoms with Crippen molar-refractivity contribution in [2.45, 2.75) is 26.7 Å². The molecule has 0 radical (unpaired) electrons. The first-order valence-corrected chi connectivity index (χ1v) is 11.1. The van der Waals surface area contributed by atoms with Crippen molar-refractivity contribution < 1.29 is 19.0 Å². The van der Waals surface area contributed by atoms with Gasteiger partial charge in [0.25, 0.3) is 5.91 Å². The van der Waals surface area contributed by atoms with Gasteiger partial charge in [-0.25, -0.2) is 0 Å². The Hall–Kier alpha value is -2.51. The molecule has 1 aliphatic heterocycles. The van der Waals surface area contributed by atoms with Crippen LogP contribution in [0.1, 0.15) is 37.8 Å². The van der Waals surface area contributed by atoms with Gasteiger partial charge in [-0.3, -0.25) is 4.79 Å². The van der Waals surface area contributed by atoms with Crippen LogP contribution < -0.4 is 19.5 Å². The fraction of sp³-hybridized carbons (Fsp3) is 0.304. The molecule has 7 heteroatoms. The van der Waals surface area contributed by atoms with Crippen LogP contribution in [0.3, 0.4) is 0 Å². The molecular formula is C23H25NO4S2. The fourth-order valence-corrected chi connectivity index (χ4v) is 3.88. The summed E-state index contributed by atoms with van der Waals surface area (Å²) in [5, 5.41) is 2.61. The smallest absolute Gasteiger partial charge is 0.263 e. The highest BCUT2D eigenvalue weighted by Gasteiger charge is 2.22. The zero-order valence-electron chi connectivity index (χ0n) is 17.3. The highest BCUT2D eigenvalue weighted by atomic mass is 32.2. The SMILES string of the molecule is CCOc1cc(C=C2SC(=S)NC2=O)ccc1OCCOc1ccc(C(C)C)cc1. The van der Waals surface area contributed by atoms with E-state index in [1.807, 2.05) is 37.3 Å². The van der Waals surface area contributed by atoms with E-state index in [9.17, 15) is 4.79 Å². The maximum absolute atomic E-state index is 11.9. The van der Waals surface area contributed by atoms with Crippen LogP contribution in [0.25, 0.3) is 6.08 Å². The molecule has 1 N–H and O–H groups in total. The Morgan fingerprint density at radius 2 is 1.77 bits per heavy atom. The largest absolute Gasteiger partial charge is 0.490 e. The maximum Gasteiger partial charge on any atom is 0.263 e. The minimum absolute atomic E-state index is 0.179. The zero-order chi connectivity index (χ0) is 21.5. The number of carbonyl (C=O) groups is 1. The Morgan fingerprint density at radius 3 is 2.40 bits per heavy atom. The third-order valence-electron chi connectivity index (χ3n) is 4.36. The molecule has 0 spiro atoms. The molecule has 3 rings (SSSR count). The molecule has 0 aromatic heterocycles. The molecule has 2 aromatic carbocycles. The van der Waals surface area contributed by atoms with Crippen LogP contribution in [-0.4, -0.2) is 30.0 Å². The maximum atomic E-state index is 11.9. The third-order valence-corrected chi connectivity index (χ3v) is 5.53. The highest BCUT2D eigenvalue weighted by molar-refractivity contribution is 8.26. The molecule has 0 atom stereocenters. The van der Waals surface area contributed by atoms with Crippen molar-refractivity contribution in [3.8, 4) is 17.2 Å². The lowest BCUT2D eigenvalue weighted by Gasteiger charge is -2.13. The molecule has 2 aromatic rings. The Kier molecular flexibility index (Phi) is 7.76.